The van der Waals surface area contributed by atoms with Crippen LogP contribution in [0, 0.1) is 0 Å². The van der Waals surface area contributed by atoms with Crippen molar-refractivity contribution >= 4 is 37.2 Å². The van der Waals surface area contributed by atoms with E-state index in [1.54, 1.807) is 0 Å². The van der Waals surface area contributed by atoms with Gasteiger partial charge in [0.15, 0.2) is 0 Å². The lowest BCUT2D eigenvalue weighted by atomic mass is 10.2. The summed E-state index contributed by atoms with van der Waals surface area (Å²) < 4.78 is 0. The van der Waals surface area contributed by atoms with Gasteiger partial charge in [0, 0.05) is 74.5 Å². The van der Waals surface area contributed by atoms with Crippen molar-refractivity contribution < 1.29 is 0 Å². The molecule has 0 saturated carbocycles. The van der Waals surface area contributed by atoms with Crippen molar-refractivity contribution in [2.45, 2.75) is 79.6 Å². The largest absolute Gasteiger partial charge is 0.297 e. The molecule has 0 unspecified atom stereocenters. The maximum atomic E-state index is 2.57. The fourth-order valence-corrected chi connectivity index (χ4v) is 2.46. The van der Waals surface area contributed by atoms with Gasteiger partial charge in [-0.25, -0.2) is 0 Å². The van der Waals surface area contributed by atoms with Crippen LogP contribution in [-0.2, 0) is 0 Å². The number of nitrogens with zero attached hydrogens (tertiary/aromatic N) is 2. The lowest BCUT2D eigenvalue weighted by Gasteiger charge is -2.36. The Morgan fingerprint density at radius 1 is 0.556 bits per heavy atom. The maximum absolute atomic E-state index is 2.57. The van der Waals surface area contributed by atoms with E-state index >= 15 is 0 Å². The van der Waals surface area contributed by atoms with Crippen molar-refractivity contribution in [1.29, 1.82) is 0 Å². The van der Waals surface area contributed by atoms with E-state index in [1.165, 1.54) is 13.1 Å². The lowest BCUT2D eigenvalue weighted by Crippen LogP contribution is -2.46. The van der Waals surface area contributed by atoms with E-state index < -0.39 is 0 Å². The van der Waals surface area contributed by atoms with Gasteiger partial charge in [-0.05, 0) is 55.4 Å². The van der Waals surface area contributed by atoms with Crippen LogP contribution in [0.2, 0.25) is 0 Å². The standard InChI is InChI=1S/C14H32N2.I2/c1-11(2)15(12(3)4)9-10-16(13(5)6)14(7)8;1-2/h11-14H,9-10H2,1-8H3;. The van der Waals surface area contributed by atoms with Gasteiger partial charge in [-0.1, -0.05) is 0 Å². The van der Waals surface area contributed by atoms with Crippen LogP contribution in [0.5, 0.6) is 0 Å². The van der Waals surface area contributed by atoms with Gasteiger partial charge in [0.2, 0.25) is 0 Å². The first kappa shape index (κ1) is 21.7. The van der Waals surface area contributed by atoms with Crippen molar-refractivity contribution in [2.24, 2.45) is 0 Å². The van der Waals surface area contributed by atoms with E-state index in [1.807, 2.05) is 0 Å². The fraction of sp³-hybridized carbons (Fsp3) is 1.00. The molecule has 0 saturated heterocycles. The van der Waals surface area contributed by atoms with Crippen LogP contribution in [0.1, 0.15) is 55.4 Å². The Labute approximate surface area is 139 Å². The molecular weight excluding hydrogens is 450 g/mol. The summed E-state index contributed by atoms with van der Waals surface area (Å²) in [5, 5.41) is 0. The van der Waals surface area contributed by atoms with Crippen molar-refractivity contribution in [3.63, 3.8) is 0 Å². The van der Waals surface area contributed by atoms with Gasteiger partial charge in [-0.3, -0.25) is 9.80 Å². The highest BCUT2D eigenvalue weighted by Gasteiger charge is 2.17. The van der Waals surface area contributed by atoms with Crippen molar-refractivity contribution in [1.82, 2.24) is 9.80 Å². The first-order valence-corrected chi connectivity index (χ1v) is 13.2. The van der Waals surface area contributed by atoms with E-state index in [0.29, 0.717) is 24.2 Å². The first-order chi connectivity index (χ1) is 8.27. The van der Waals surface area contributed by atoms with E-state index in [2.05, 4.69) is 102 Å². The van der Waals surface area contributed by atoms with Crippen LogP contribution in [0.15, 0.2) is 0 Å². The molecule has 0 N–H and O–H groups in total. The highest BCUT2D eigenvalue weighted by atomic mass is 128. The Balaban J connectivity index is 0. The average molecular weight is 482 g/mol. The highest BCUT2D eigenvalue weighted by molar-refractivity contribution is 15.0. The van der Waals surface area contributed by atoms with Crippen molar-refractivity contribution in [3.05, 3.63) is 0 Å². The summed E-state index contributed by atoms with van der Waals surface area (Å²) in [6.45, 7) is 20.6. The van der Waals surface area contributed by atoms with Crippen LogP contribution >= 0.6 is 37.2 Å². The summed E-state index contributed by atoms with van der Waals surface area (Å²) in [6.07, 6.45) is 0. The van der Waals surface area contributed by atoms with Crippen molar-refractivity contribution in [3.8, 4) is 0 Å². The van der Waals surface area contributed by atoms with Crippen LogP contribution in [0.25, 0.3) is 0 Å². The molecule has 0 aromatic heterocycles. The summed E-state index contributed by atoms with van der Waals surface area (Å²) in [7, 11) is 0. The number of hydrogen-bond donors (Lipinski definition) is 0. The first-order valence-electron chi connectivity index (χ1n) is 6.93. The number of hydrogen-bond acceptors (Lipinski definition) is 2. The topological polar surface area (TPSA) is 6.48 Å². The van der Waals surface area contributed by atoms with E-state index in [0.717, 1.165) is 0 Å². The third-order valence-electron chi connectivity index (χ3n) is 3.27. The molecule has 0 radical (unpaired) electrons. The zero-order chi connectivity index (χ0) is 14.9. The minimum atomic E-state index is 0.640. The predicted molar refractivity (Wildman–Crippen MR) is 102 cm³/mol. The molecule has 0 rings (SSSR count). The van der Waals surface area contributed by atoms with Gasteiger partial charge in [-0.2, -0.15) is 0 Å². The second kappa shape index (κ2) is 12.1. The molecule has 0 aromatic carbocycles. The van der Waals surface area contributed by atoms with Crippen LogP contribution < -0.4 is 0 Å². The quantitative estimate of drug-likeness (QED) is 0.472. The number of halogens is 2. The predicted octanol–water partition coefficient (Wildman–Crippen LogP) is 5.00. The third kappa shape index (κ3) is 9.31. The van der Waals surface area contributed by atoms with Gasteiger partial charge >= 0.3 is 0 Å². The molecule has 0 aromatic rings. The molecule has 0 atom stereocenters. The number of rotatable bonds is 7. The summed E-state index contributed by atoms with van der Waals surface area (Å²) in [4.78, 5) is 5.13. The Kier molecular flexibility index (Phi) is 14.6. The molecule has 2 nitrogen and oxygen atoms in total. The molecule has 0 spiro atoms. The fourth-order valence-electron chi connectivity index (χ4n) is 2.46. The molecule has 0 fully saturated rings. The highest BCUT2D eigenvalue weighted by Crippen LogP contribution is 2.08. The van der Waals surface area contributed by atoms with Gasteiger partial charge in [0.05, 0.1) is 0 Å². The minimum Gasteiger partial charge on any atom is -0.297 e. The normalized spacial score (nSPS) is 12.0. The zero-order valence-corrected chi connectivity index (χ0v) is 17.7. The Morgan fingerprint density at radius 3 is 0.833 bits per heavy atom. The van der Waals surface area contributed by atoms with Gasteiger partial charge in [-0.15, -0.1) is 0 Å². The second-order valence-electron chi connectivity index (χ2n) is 5.85. The van der Waals surface area contributed by atoms with Gasteiger partial charge in [0.1, 0.15) is 0 Å². The summed E-state index contributed by atoms with van der Waals surface area (Å²) in [5.41, 5.74) is 0. The molecule has 0 amide bonds. The molecule has 0 aliphatic heterocycles. The zero-order valence-electron chi connectivity index (χ0n) is 13.4. The Bertz CT molecular complexity index is 147. The summed E-state index contributed by atoms with van der Waals surface area (Å²) >= 11 is 4.24. The summed E-state index contributed by atoms with van der Waals surface area (Å²) in [6, 6.07) is 2.56. The minimum absolute atomic E-state index is 0.640. The smallest absolute Gasteiger partial charge is 0.0115 e. The maximum Gasteiger partial charge on any atom is 0.0115 e. The molecule has 18 heavy (non-hydrogen) atoms. The Hall–Kier alpha value is 1.38. The third-order valence-corrected chi connectivity index (χ3v) is 3.27. The van der Waals surface area contributed by atoms with Crippen LogP contribution in [-0.4, -0.2) is 47.1 Å². The molecule has 0 aliphatic rings. The molecule has 4 heteroatoms. The summed E-state index contributed by atoms with van der Waals surface area (Å²) in [5.74, 6) is 0. The second-order valence-corrected chi connectivity index (χ2v) is 5.85. The SMILES string of the molecule is CC(C)N(CCN(C(C)C)C(C)C)C(C)C.II. The Morgan fingerprint density at radius 2 is 0.722 bits per heavy atom. The lowest BCUT2D eigenvalue weighted by molar-refractivity contribution is 0.111. The molecule has 0 bridgehead atoms. The van der Waals surface area contributed by atoms with E-state index in [-0.39, 0.29) is 0 Å². The van der Waals surface area contributed by atoms with Crippen LogP contribution in [0.4, 0.5) is 0 Å². The van der Waals surface area contributed by atoms with E-state index in [4.69, 9.17) is 0 Å². The molecule has 112 valence electrons. The van der Waals surface area contributed by atoms with Crippen LogP contribution in [0.3, 0.4) is 0 Å². The molecular formula is C14H32I2N2. The average Bonchev–Trinajstić information content (AvgIpc) is 2.24. The molecule has 0 heterocycles. The monoisotopic (exact) mass is 482 g/mol. The van der Waals surface area contributed by atoms with E-state index in [9.17, 15) is 0 Å². The van der Waals surface area contributed by atoms with Crippen molar-refractivity contribution in [2.75, 3.05) is 13.1 Å². The molecule has 0 aliphatic carbocycles. The van der Waals surface area contributed by atoms with Gasteiger partial charge in [0.25, 0.3) is 0 Å². The van der Waals surface area contributed by atoms with Gasteiger partial charge < -0.3 is 0 Å².